The summed E-state index contributed by atoms with van der Waals surface area (Å²) in [4.78, 5) is 14.9. The van der Waals surface area contributed by atoms with Crippen LogP contribution in [-0.2, 0) is 4.79 Å². The van der Waals surface area contributed by atoms with Crippen LogP contribution in [0.15, 0.2) is 24.3 Å². The average molecular weight is 332 g/mol. The Morgan fingerprint density at radius 1 is 1.17 bits per heavy atom. The number of hydrogen-bond acceptors (Lipinski definition) is 4. The molecule has 132 valence electrons. The largest absolute Gasteiger partial charge is 0.482 e. The number of carbonyl (C=O) groups excluding carboxylic acids is 1. The van der Waals surface area contributed by atoms with Crippen LogP contribution in [0.4, 0.5) is 0 Å². The maximum atomic E-state index is 12.4. The number of piperidine rings is 1. The predicted octanol–water partition coefficient (Wildman–Crippen LogP) is 2.45. The minimum atomic E-state index is -0.587. The highest BCUT2D eigenvalue weighted by atomic mass is 16.6. The number of likely N-dealkylation sites (tertiary alicyclic amines) is 1. The molecule has 0 saturated carbocycles. The Kier molecular flexibility index (Phi) is 5.61. The molecule has 24 heavy (non-hydrogen) atoms. The fourth-order valence-electron chi connectivity index (χ4n) is 3.31. The van der Waals surface area contributed by atoms with Crippen LogP contribution in [0, 0.1) is 5.92 Å². The fourth-order valence-corrected chi connectivity index (χ4v) is 3.31. The summed E-state index contributed by atoms with van der Waals surface area (Å²) in [6.07, 6.45) is 2.67. The van der Waals surface area contributed by atoms with Crippen LogP contribution < -0.4 is 14.8 Å². The standard InChI is InChI=1S/C19H28N2O3/c1-14-8-12-21(13-9-14)11-5-10-20-19(22)18-15(2)23-16-6-3-4-7-17(16)24-18/h3-4,6-7,14-15,18H,5,8-13H2,1-2H3,(H,20,22). The fraction of sp³-hybridized carbons (Fsp3) is 0.632. The zero-order chi connectivity index (χ0) is 16.9. The van der Waals surface area contributed by atoms with E-state index in [1.807, 2.05) is 31.2 Å². The minimum Gasteiger partial charge on any atom is -0.482 e. The molecule has 5 heteroatoms. The van der Waals surface area contributed by atoms with Crippen molar-refractivity contribution in [3.05, 3.63) is 24.3 Å². The molecule has 0 aliphatic carbocycles. The second-order valence-corrected chi connectivity index (χ2v) is 6.98. The number of hydrogen-bond donors (Lipinski definition) is 1. The highest BCUT2D eigenvalue weighted by Gasteiger charge is 2.33. The molecule has 2 heterocycles. The zero-order valence-electron chi connectivity index (χ0n) is 14.7. The third-order valence-electron chi connectivity index (χ3n) is 4.93. The first-order valence-corrected chi connectivity index (χ1v) is 9.06. The second-order valence-electron chi connectivity index (χ2n) is 6.98. The lowest BCUT2D eigenvalue weighted by molar-refractivity contribution is -0.133. The van der Waals surface area contributed by atoms with E-state index in [1.54, 1.807) is 0 Å². The van der Waals surface area contributed by atoms with Crippen LogP contribution in [0.1, 0.15) is 33.1 Å². The van der Waals surface area contributed by atoms with Gasteiger partial charge in [-0.05, 0) is 63.9 Å². The van der Waals surface area contributed by atoms with Gasteiger partial charge >= 0.3 is 0 Å². The first-order valence-electron chi connectivity index (χ1n) is 9.06. The van der Waals surface area contributed by atoms with Gasteiger partial charge in [-0.3, -0.25) is 4.79 Å². The molecule has 2 aliphatic heterocycles. The quantitative estimate of drug-likeness (QED) is 0.842. The lowest BCUT2D eigenvalue weighted by Gasteiger charge is -2.31. The summed E-state index contributed by atoms with van der Waals surface area (Å²) in [6.45, 7) is 8.29. The van der Waals surface area contributed by atoms with Crippen molar-refractivity contribution in [2.75, 3.05) is 26.2 Å². The monoisotopic (exact) mass is 332 g/mol. The summed E-state index contributed by atoms with van der Waals surface area (Å²) < 4.78 is 11.6. The minimum absolute atomic E-state index is 0.0933. The molecule has 1 fully saturated rings. The van der Waals surface area contributed by atoms with Gasteiger partial charge in [-0.1, -0.05) is 19.1 Å². The van der Waals surface area contributed by atoms with Gasteiger partial charge in [-0.25, -0.2) is 0 Å². The van der Waals surface area contributed by atoms with Gasteiger partial charge in [-0.15, -0.1) is 0 Å². The Bertz CT molecular complexity index is 555. The number of carbonyl (C=O) groups is 1. The summed E-state index contributed by atoms with van der Waals surface area (Å²) >= 11 is 0. The van der Waals surface area contributed by atoms with E-state index in [2.05, 4.69) is 17.1 Å². The topological polar surface area (TPSA) is 50.8 Å². The number of benzene rings is 1. The normalized spacial score (nSPS) is 24.6. The highest BCUT2D eigenvalue weighted by molar-refractivity contribution is 5.82. The third-order valence-corrected chi connectivity index (χ3v) is 4.93. The van der Waals surface area contributed by atoms with Crippen LogP contribution in [0.3, 0.4) is 0 Å². The van der Waals surface area contributed by atoms with Gasteiger partial charge in [0.2, 0.25) is 6.10 Å². The predicted molar refractivity (Wildman–Crippen MR) is 93.4 cm³/mol. The van der Waals surface area contributed by atoms with Crippen LogP contribution in [0.25, 0.3) is 0 Å². The summed E-state index contributed by atoms with van der Waals surface area (Å²) in [6, 6.07) is 7.47. The Labute approximate surface area is 144 Å². The Hall–Kier alpha value is -1.75. The van der Waals surface area contributed by atoms with Crippen LogP contribution in [0.5, 0.6) is 11.5 Å². The summed E-state index contributed by atoms with van der Waals surface area (Å²) in [5, 5.41) is 2.99. The molecule has 0 radical (unpaired) electrons. The van der Waals surface area contributed by atoms with Gasteiger partial charge in [0, 0.05) is 6.54 Å². The molecule has 1 saturated heterocycles. The molecular weight excluding hydrogens is 304 g/mol. The molecule has 0 aromatic heterocycles. The summed E-state index contributed by atoms with van der Waals surface area (Å²) in [5.41, 5.74) is 0. The van der Waals surface area contributed by atoms with E-state index in [0.29, 0.717) is 18.0 Å². The van der Waals surface area contributed by atoms with E-state index in [-0.39, 0.29) is 12.0 Å². The van der Waals surface area contributed by atoms with Crippen molar-refractivity contribution in [1.29, 1.82) is 0 Å². The number of nitrogens with one attached hydrogen (secondary N) is 1. The molecule has 3 rings (SSSR count). The number of para-hydroxylation sites is 2. The summed E-state index contributed by atoms with van der Waals surface area (Å²) in [7, 11) is 0. The molecule has 1 aromatic rings. The maximum absolute atomic E-state index is 12.4. The molecule has 2 atom stereocenters. The van der Waals surface area contributed by atoms with E-state index >= 15 is 0 Å². The lowest BCUT2D eigenvalue weighted by Crippen LogP contribution is -2.49. The molecule has 5 nitrogen and oxygen atoms in total. The molecule has 1 amide bonds. The maximum Gasteiger partial charge on any atom is 0.265 e. The van der Waals surface area contributed by atoms with Crippen LogP contribution >= 0.6 is 0 Å². The van der Waals surface area contributed by atoms with E-state index in [4.69, 9.17) is 9.47 Å². The van der Waals surface area contributed by atoms with Crippen molar-refractivity contribution in [3.63, 3.8) is 0 Å². The number of amides is 1. The van der Waals surface area contributed by atoms with Gasteiger partial charge in [0.1, 0.15) is 6.10 Å². The smallest absolute Gasteiger partial charge is 0.265 e. The van der Waals surface area contributed by atoms with E-state index in [1.165, 1.54) is 25.9 Å². The van der Waals surface area contributed by atoms with E-state index in [0.717, 1.165) is 18.9 Å². The summed E-state index contributed by atoms with van der Waals surface area (Å²) in [5.74, 6) is 2.10. The Balaban J connectivity index is 1.41. The first kappa shape index (κ1) is 17.1. The van der Waals surface area contributed by atoms with Crippen LogP contribution in [0.2, 0.25) is 0 Å². The van der Waals surface area contributed by atoms with Crippen molar-refractivity contribution >= 4 is 5.91 Å². The van der Waals surface area contributed by atoms with Crippen molar-refractivity contribution < 1.29 is 14.3 Å². The molecular formula is C19H28N2O3. The van der Waals surface area contributed by atoms with E-state index in [9.17, 15) is 4.79 Å². The number of nitrogens with zero attached hydrogens (tertiary/aromatic N) is 1. The van der Waals surface area contributed by atoms with Gasteiger partial charge in [0.25, 0.3) is 5.91 Å². The van der Waals surface area contributed by atoms with Gasteiger partial charge in [0.05, 0.1) is 0 Å². The van der Waals surface area contributed by atoms with Crippen molar-refractivity contribution in [1.82, 2.24) is 10.2 Å². The third kappa shape index (κ3) is 4.20. The van der Waals surface area contributed by atoms with Crippen molar-refractivity contribution in [3.8, 4) is 11.5 Å². The molecule has 0 bridgehead atoms. The molecule has 0 spiro atoms. The van der Waals surface area contributed by atoms with Gasteiger partial charge in [0.15, 0.2) is 11.5 Å². The van der Waals surface area contributed by atoms with E-state index < -0.39 is 6.10 Å². The van der Waals surface area contributed by atoms with Gasteiger partial charge in [-0.2, -0.15) is 0 Å². The van der Waals surface area contributed by atoms with Crippen LogP contribution in [-0.4, -0.2) is 49.2 Å². The molecule has 1 aromatic carbocycles. The highest BCUT2D eigenvalue weighted by Crippen LogP contribution is 2.33. The number of ether oxygens (including phenoxy) is 2. The SMILES string of the molecule is CC1CCN(CCCNC(=O)C2Oc3ccccc3OC2C)CC1. The zero-order valence-corrected chi connectivity index (χ0v) is 14.7. The first-order chi connectivity index (χ1) is 11.6. The average Bonchev–Trinajstić information content (AvgIpc) is 2.59. The second kappa shape index (κ2) is 7.88. The molecule has 2 aliphatic rings. The Morgan fingerprint density at radius 3 is 2.54 bits per heavy atom. The lowest BCUT2D eigenvalue weighted by atomic mass is 9.99. The molecule has 1 N–H and O–H groups in total. The number of fused-ring (bicyclic) bond motifs is 1. The van der Waals surface area contributed by atoms with Crippen molar-refractivity contribution in [2.45, 2.75) is 45.3 Å². The van der Waals surface area contributed by atoms with Crippen molar-refractivity contribution in [2.24, 2.45) is 5.92 Å². The number of rotatable bonds is 5. The van der Waals surface area contributed by atoms with Gasteiger partial charge < -0.3 is 19.7 Å². The Morgan fingerprint density at radius 2 is 1.83 bits per heavy atom. The molecule has 2 unspecified atom stereocenters.